The molecule has 7 nitrogen and oxygen atoms in total. The summed E-state index contributed by atoms with van der Waals surface area (Å²) >= 11 is 0. The van der Waals surface area contributed by atoms with Gasteiger partial charge in [0.2, 0.25) is 11.8 Å². The number of hydrogen-bond donors (Lipinski definition) is 1. The van der Waals surface area contributed by atoms with Crippen molar-refractivity contribution in [2.75, 3.05) is 31.7 Å². The van der Waals surface area contributed by atoms with E-state index in [1.165, 1.54) is 4.90 Å². The van der Waals surface area contributed by atoms with Crippen molar-refractivity contribution < 1.29 is 22.7 Å². The molecule has 1 aromatic carbocycles. The number of amides is 2. The average molecular weight is 382 g/mol. The molecule has 1 unspecified atom stereocenters. The molecule has 1 N–H and O–H groups in total. The number of carbonyl (C=O) groups excluding carboxylic acids is 2. The number of methoxy groups -OCH3 is 1. The van der Waals surface area contributed by atoms with Gasteiger partial charge in [0.25, 0.3) is 0 Å². The van der Waals surface area contributed by atoms with E-state index >= 15 is 0 Å². The Hall–Kier alpha value is -2.09. The van der Waals surface area contributed by atoms with Crippen LogP contribution in [0.25, 0.3) is 0 Å². The van der Waals surface area contributed by atoms with Crippen LogP contribution in [0.1, 0.15) is 25.3 Å². The van der Waals surface area contributed by atoms with Crippen molar-refractivity contribution in [1.29, 1.82) is 0 Å². The van der Waals surface area contributed by atoms with Crippen LogP contribution < -0.4 is 10.1 Å². The Balaban J connectivity index is 1.79. The number of hydrogen-bond acceptors (Lipinski definition) is 5. The van der Waals surface area contributed by atoms with Gasteiger partial charge >= 0.3 is 0 Å². The van der Waals surface area contributed by atoms with E-state index in [1.54, 1.807) is 14.0 Å². The van der Waals surface area contributed by atoms with Gasteiger partial charge in [-0.3, -0.25) is 9.59 Å². The minimum absolute atomic E-state index is 0.00988. The summed E-state index contributed by atoms with van der Waals surface area (Å²) in [4.78, 5) is 25.9. The first-order valence-corrected chi connectivity index (χ1v) is 10.6. The normalized spacial score (nSPS) is 18.3. The van der Waals surface area contributed by atoms with Crippen LogP contribution in [0.5, 0.6) is 5.75 Å². The van der Waals surface area contributed by atoms with Gasteiger partial charge in [0.15, 0.2) is 9.84 Å². The summed E-state index contributed by atoms with van der Waals surface area (Å²) in [6.07, 6.45) is 0.817. The molecule has 0 radical (unpaired) electrons. The maximum Gasteiger partial charge on any atom is 0.232 e. The van der Waals surface area contributed by atoms with E-state index in [-0.39, 0.29) is 35.8 Å². The summed E-state index contributed by atoms with van der Waals surface area (Å²) in [7, 11) is -1.47. The quantitative estimate of drug-likeness (QED) is 0.671. The second kappa shape index (κ2) is 9.02. The van der Waals surface area contributed by atoms with Gasteiger partial charge in [-0.05, 0) is 37.5 Å². The minimum atomic E-state index is -3.07. The van der Waals surface area contributed by atoms with Crippen molar-refractivity contribution in [3.63, 3.8) is 0 Å². The zero-order chi connectivity index (χ0) is 19.2. The number of benzene rings is 1. The number of rotatable bonds is 8. The van der Waals surface area contributed by atoms with E-state index in [0.29, 0.717) is 25.9 Å². The maximum absolute atomic E-state index is 12.4. The monoisotopic (exact) mass is 382 g/mol. The van der Waals surface area contributed by atoms with Crippen molar-refractivity contribution in [2.24, 2.45) is 0 Å². The van der Waals surface area contributed by atoms with Gasteiger partial charge in [-0.15, -0.1) is 0 Å². The fourth-order valence-electron chi connectivity index (χ4n) is 3.14. The third-order valence-electron chi connectivity index (χ3n) is 4.49. The lowest BCUT2D eigenvalue weighted by atomic mass is 10.1. The molecule has 1 aliphatic heterocycles. The first-order chi connectivity index (χ1) is 12.3. The Bertz CT molecular complexity index is 748. The molecule has 1 aromatic rings. The Morgan fingerprint density at radius 2 is 2.12 bits per heavy atom. The number of nitrogens with one attached hydrogen (secondary N) is 1. The number of nitrogens with zero attached hydrogens (tertiary/aromatic N) is 1. The molecule has 1 saturated heterocycles. The van der Waals surface area contributed by atoms with Gasteiger partial charge in [-0.25, -0.2) is 8.42 Å². The van der Waals surface area contributed by atoms with Crippen molar-refractivity contribution in [2.45, 2.75) is 32.2 Å². The van der Waals surface area contributed by atoms with Gasteiger partial charge in [0, 0.05) is 19.1 Å². The SMILES string of the molecule is CCN(C(=O)CC(=O)NCCc1cccc(OC)c1)C1CCS(=O)(=O)C1. The number of sulfone groups is 1. The lowest BCUT2D eigenvalue weighted by Crippen LogP contribution is -2.43. The predicted molar refractivity (Wildman–Crippen MR) is 98.8 cm³/mol. The first kappa shape index (κ1) is 20.2. The standard InChI is InChI=1S/C18H26N2O5S/c1-3-20(15-8-10-26(23,24)13-15)18(22)12-17(21)19-9-7-14-5-4-6-16(11-14)25-2/h4-6,11,15H,3,7-10,12-13H2,1-2H3,(H,19,21). The highest BCUT2D eigenvalue weighted by Crippen LogP contribution is 2.18. The van der Waals surface area contributed by atoms with Gasteiger partial charge in [0.1, 0.15) is 12.2 Å². The molecule has 8 heteroatoms. The van der Waals surface area contributed by atoms with Crippen LogP contribution in [-0.4, -0.2) is 62.9 Å². The van der Waals surface area contributed by atoms with Crippen molar-refractivity contribution >= 4 is 21.7 Å². The maximum atomic E-state index is 12.4. The molecule has 2 amide bonds. The summed E-state index contributed by atoms with van der Waals surface area (Å²) in [6.45, 7) is 2.61. The molecular weight excluding hydrogens is 356 g/mol. The highest BCUT2D eigenvalue weighted by molar-refractivity contribution is 7.91. The van der Waals surface area contributed by atoms with Gasteiger partial charge in [-0.2, -0.15) is 0 Å². The van der Waals surface area contributed by atoms with E-state index in [9.17, 15) is 18.0 Å². The van der Waals surface area contributed by atoms with Gasteiger partial charge in [0.05, 0.1) is 18.6 Å². The Morgan fingerprint density at radius 1 is 1.35 bits per heavy atom. The van der Waals surface area contributed by atoms with E-state index < -0.39 is 9.84 Å². The summed E-state index contributed by atoms with van der Waals surface area (Å²) in [5.74, 6) is 0.179. The molecule has 0 aliphatic carbocycles. The average Bonchev–Trinajstić information content (AvgIpc) is 2.95. The zero-order valence-electron chi connectivity index (χ0n) is 15.2. The van der Waals surface area contributed by atoms with Crippen LogP contribution in [0.3, 0.4) is 0 Å². The molecule has 1 atom stereocenters. The van der Waals surface area contributed by atoms with E-state index in [1.807, 2.05) is 24.3 Å². The third-order valence-corrected chi connectivity index (χ3v) is 6.24. The Morgan fingerprint density at radius 3 is 2.73 bits per heavy atom. The van der Waals surface area contributed by atoms with Crippen LogP contribution in [0.4, 0.5) is 0 Å². The Kier molecular flexibility index (Phi) is 7.02. The van der Waals surface area contributed by atoms with E-state index in [2.05, 4.69) is 5.32 Å². The van der Waals surface area contributed by atoms with Crippen LogP contribution in [0, 0.1) is 0 Å². The molecule has 26 heavy (non-hydrogen) atoms. The van der Waals surface area contributed by atoms with Crippen molar-refractivity contribution in [1.82, 2.24) is 10.2 Å². The van der Waals surface area contributed by atoms with Gasteiger partial charge < -0.3 is 15.0 Å². The second-order valence-corrected chi connectivity index (χ2v) is 8.59. The molecule has 0 aromatic heterocycles. The van der Waals surface area contributed by atoms with Crippen LogP contribution >= 0.6 is 0 Å². The fraction of sp³-hybridized carbons (Fsp3) is 0.556. The molecule has 0 spiro atoms. The largest absolute Gasteiger partial charge is 0.497 e. The lowest BCUT2D eigenvalue weighted by Gasteiger charge is -2.26. The number of ether oxygens (including phenoxy) is 1. The smallest absolute Gasteiger partial charge is 0.232 e. The topological polar surface area (TPSA) is 92.8 Å². The molecule has 1 heterocycles. The van der Waals surface area contributed by atoms with Crippen molar-refractivity contribution in [3.8, 4) is 5.75 Å². The molecule has 1 fully saturated rings. The minimum Gasteiger partial charge on any atom is -0.497 e. The second-order valence-electron chi connectivity index (χ2n) is 6.36. The predicted octanol–water partition coefficient (Wildman–Crippen LogP) is 0.780. The van der Waals surface area contributed by atoms with Crippen LogP contribution in [0.2, 0.25) is 0 Å². The number of carbonyl (C=O) groups is 2. The van der Waals surface area contributed by atoms with E-state index in [0.717, 1.165) is 11.3 Å². The summed E-state index contributed by atoms with van der Waals surface area (Å²) in [6, 6.07) is 7.26. The van der Waals surface area contributed by atoms with E-state index in [4.69, 9.17) is 4.74 Å². The molecule has 1 aliphatic rings. The third kappa shape index (κ3) is 5.72. The summed E-state index contributed by atoms with van der Waals surface area (Å²) in [5.41, 5.74) is 1.03. The van der Waals surface area contributed by atoms with Gasteiger partial charge in [-0.1, -0.05) is 12.1 Å². The molecule has 0 saturated carbocycles. The molecular formula is C18H26N2O5S. The summed E-state index contributed by atoms with van der Waals surface area (Å²) in [5, 5.41) is 2.74. The zero-order valence-corrected chi connectivity index (χ0v) is 16.0. The highest BCUT2D eigenvalue weighted by Gasteiger charge is 2.34. The lowest BCUT2D eigenvalue weighted by molar-refractivity contribution is -0.137. The first-order valence-electron chi connectivity index (χ1n) is 8.74. The Labute approximate surface area is 154 Å². The highest BCUT2D eigenvalue weighted by atomic mass is 32.2. The molecule has 2 rings (SSSR count). The van der Waals surface area contributed by atoms with Crippen LogP contribution in [-0.2, 0) is 25.8 Å². The summed E-state index contributed by atoms with van der Waals surface area (Å²) < 4.78 is 28.4. The van der Waals surface area contributed by atoms with Crippen LogP contribution in [0.15, 0.2) is 24.3 Å². The molecule has 0 bridgehead atoms. The molecule has 144 valence electrons. The van der Waals surface area contributed by atoms with Crippen molar-refractivity contribution in [3.05, 3.63) is 29.8 Å². The fourth-order valence-corrected chi connectivity index (χ4v) is 4.87.